The lowest BCUT2D eigenvalue weighted by Gasteiger charge is -2.24. The van der Waals surface area contributed by atoms with Gasteiger partial charge in [0.25, 0.3) is 0 Å². The molecule has 0 aliphatic carbocycles. The van der Waals surface area contributed by atoms with Crippen molar-refractivity contribution in [3.8, 4) is 0 Å². The molecule has 168 valence electrons. The van der Waals surface area contributed by atoms with Gasteiger partial charge in [-0.2, -0.15) is 4.31 Å². The maximum atomic E-state index is 12.8. The fourth-order valence-electron chi connectivity index (χ4n) is 3.89. The average Bonchev–Trinajstić information content (AvgIpc) is 3.11. The van der Waals surface area contributed by atoms with E-state index in [-0.39, 0.29) is 16.7 Å². The molecule has 0 spiro atoms. The molecule has 1 atom stereocenters. The summed E-state index contributed by atoms with van der Waals surface area (Å²) in [5, 5.41) is 2.92. The summed E-state index contributed by atoms with van der Waals surface area (Å²) in [4.78, 5) is 29.0. The first-order chi connectivity index (χ1) is 14.2. The van der Waals surface area contributed by atoms with E-state index in [4.69, 9.17) is 0 Å². The first-order valence-electron chi connectivity index (χ1n) is 10.6. The van der Waals surface area contributed by atoms with E-state index in [2.05, 4.69) is 24.1 Å². The molecule has 0 aromatic heterocycles. The van der Waals surface area contributed by atoms with Gasteiger partial charge >= 0.3 is 0 Å². The largest absolute Gasteiger partial charge is 0.353 e. The van der Waals surface area contributed by atoms with Gasteiger partial charge in [0.2, 0.25) is 21.8 Å². The van der Waals surface area contributed by atoms with Gasteiger partial charge in [0, 0.05) is 45.2 Å². The number of likely N-dealkylation sites (N-methyl/N-ethyl adjacent to an activating group) is 1. The molecule has 1 aliphatic rings. The van der Waals surface area contributed by atoms with Crippen LogP contribution in [0.1, 0.15) is 40.2 Å². The normalized spacial score (nSPS) is 16.2. The Morgan fingerprint density at radius 3 is 2.27 bits per heavy atom. The maximum Gasteiger partial charge on any atom is 0.243 e. The first kappa shape index (κ1) is 24.3. The molecule has 0 fully saturated rings. The summed E-state index contributed by atoms with van der Waals surface area (Å²) in [6, 6.07) is 4.09. The first-order valence-corrected chi connectivity index (χ1v) is 12.1. The molecular weight excluding hydrogens is 404 g/mol. The Morgan fingerprint density at radius 2 is 1.73 bits per heavy atom. The summed E-state index contributed by atoms with van der Waals surface area (Å²) in [6.45, 7) is 13.0. The minimum Gasteiger partial charge on any atom is -0.353 e. The predicted molar refractivity (Wildman–Crippen MR) is 118 cm³/mol. The van der Waals surface area contributed by atoms with Gasteiger partial charge in [-0.05, 0) is 36.9 Å². The molecule has 0 saturated heterocycles. The Labute approximate surface area is 180 Å². The number of hydrogen-bond donors (Lipinski definition) is 1. The molecule has 1 aromatic carbocycles. The smallest absolute Gasteiger partial charge is 0.243 e. The van der Waals surface area contributed by atoms with Crippen molar-refractivity contribution in [3.63, 3.8) is 0 Å². The molecule has 0 bridgehead atoms. The van der Waals surface area contributed by atoms with Crippen LogP contribution in [-0.4, -0.2) is 74.7 Å². The van der Waals surface area contributed by atoms with Crippen LogP contribution in [0.15, 0.2) is 23.1 Å². The third-order valence-electron chi connectivity index (χ3n) is 5.64. The van der Waals surface area contributed by atoms with E-state index >= 15 is 0 Å². The van der Waals surface area contributed by atoms with E-state index in [9.17, 15) is 18.0 Å². The molecule has 2 rings (SSSR count). The molecule has 8 nitrogen and oxygen atoms in total. The molecule has 2 amide bonds. The second-order valence-electron chi connectivity index (χ2n) is 7.31. The zero-order chi connectivity index (χ0) is 22.5. The molecular formula is C21H34N4O4S. The Balaban J connectivity index is 2.23. The van der Waals surface area contributed by atoms with Crippen molar-refractivity contribution in [2.45, 2.75) is 52.0 Å². The Morgan fingerprint density at radius 1 is 1.10 bits per heavy atom. The summed E-state index contributed by atoms with van der Waals surface area (Å²) >= 11 is 0. The summed E-state index contributed by atoms with van der Waals surface area (Å²) in [5.74, 6) is -0.460. The molecule has 0 saturated carbocycles. The molecule has 1 heterocycles. The summed E-state index contributed by atoms with van der Waals surface area (Å²) in [7, 11) is -3.60. The number of anilines is 1. The van der Waals surface area contributed by atoms with E-state index in [0.717, 1.165) is 19.6 Å². The van der Waals surface area contributed by atoms with Crippen LogP contribution in [-0.2, 0) is 26.0 Å². The number of benzene rings is 1. The SMILES string of the molecule is CCN(CC)CCNC(=O)[C@H]1Cc2cc(S(=O)(=O)N(CC)CC)ccc2N1C(C)=O. The lowest BCUT2D eigenvalue weighted by atomic mass is 10.1. The lowest BCUT2D eigenvalue weighted by Crippen LogP contribution is -2.48. The third-order valence-corrected chi connectivity index (χ3v) is 7.69. The van der Waals surface area contributed by atoms with Crippen LogP contribution >= 0.6 is 0 Å². The van der Waals surface area contributed by atoms with E-state index < -0.39 is 16.1 Å². The number of sulfonamides is 1. The van der Waals surface area contributed by atoms with Crippen molar-refractivity contribution in [1.82, 2.24) is 14.5 Å². The highest BCUT2D eigenvalue weighted by Gasteiger charge is 2.37. The minimum atomic E-state index is -3.60. The number of carbonyl (C=O) groups is 2. The van der Waals surface area contributed by atoms with Gasteiger partial charge in [0.1, 0.15) is 6.04 Å². The number of hydrogen-bond acceptors (Lipinski definition) is 5. The Kier molecular flexibility index (Phi) is 8.40. The number of amides is 2. The molecule has 1 aromatic rings. The van der Waals surface area contributed by atoms with Crippen molar-refractivity contribution in [2.75, 3.05) is 44.2 Å². The standard InChI is InChI=1S/C21H34N4O4S/c1-6-23(7-2)13-12-22-21(27)20-15-17-14-18(30(28,29)24(8-3)9-4)10-11-19(17)25(20)16(5)26/h10-11,14,20H,6-9,12-13,15H2,1-5H3,(H,22,27)/t20-/m1/s1. The quantitative estimate of drug-likeness (QED) is 0.597. The zero-order valence-electron chi connectivity index (χ0n) is 18.6. The minimum absolute atomic E-state index is 0.191. The van der Waals surface area contributed by atoms with Crippen molar-refractivity contribution >= 4 is 27.5 Å². The van der Waals surface area contributed by atoms with Gasteiger partial charge in [-0.25, -0.2) is 8.42 Å². The van der Waals surface area contributed by atoms with Gasteiger partial charge in [0.05, 0.1) is 4.90 Å². The van der Waals surface area contributed by atoms with E-state index in [1.807, 2.05) is 0 Å². The third kappa shape index (κ3) is 5.01. The molecule has 0 radical (unpaired) electrons. The lowest BCUT2D eigenvalue weighted by molar-refractivity contribution is -0.125. The molecule has 0 unspecified atom stereocenters. The average molecular weight is 439 g/mol. The van der Waals surface area contributed by atoms with Crippen LogP contribution < -0.4 is 10.2 Å². The van der Waals surface area contributed by atoms with E-state index in [1.54, 1.807) is 26.0 Å². The Hall–Kier alpha value is -1.97. The van der Waals surface area contributed by atoms with Gasteiger partial charge < -0.3 is 10.2 Å². The van der Waals surface area contributed by atoms with E-state index in [0.29, 0.717) is 37.3 Å². The van der Waals surface area contributed by atoms with Crippen molar-refractivity contribution in [1.29, 1.82) is 0 Å². The van der Waals surface area contributed by atoms with Gasteiger partial charge in [-0.15, -0.1) is 0 Å². The molecule has 1 aliphatic heterocycles. The fraction of sp³-hybridized carbons (Fsp3) is 0.619. The fourth-order valence-corrected chi connectivity index (χ4v) is 5.40. The maximum absolute atomic E-state index is 12.8. The molecule has 9 heteroatoms. The predicted octanol–water partition coefficient (Wildman–Crippen LogP) is 1.45. The van der Waals surface area contributed by atoms with Crippen LogP contribution in [0.5, 0.6) is 0 Å². The highest BCUT2D eigenvalue weighted by atomic mass is 32.2. The second kappa shape index (κ2) is 10.4. The van der Waals surface area contributed by atoms with Crippen molar-refractivity contribution in [2.24, 2.45) is 0 Å². The van der Waals surface area contributed by atoms with Gasteiger partial charge in [0.15, 0.2) is 0 Å². The van der Waals surface area contributed by atoms with Crippen LogP contribution in [0.4, 0.5) is 5.69 Å². The van der Waals surface area contributed by atoms with Crippen LogP contribution in [0, 0.1) is 0 Å². The number of fused-ring (bicyclic) bond motifs is 1. The van der Waals surface area contributed by atoms with Gasteiger partial charge in [-0.3, -0.25) is 14.5 Å². The monoisotopic (exact) mass is 438 g/mol. The Bertz CT molecular complexity index is 864. The summed E-state index contributed by atoms with van der Waals surface area (Å²) < 4.78 is 27.1. The van der Waals surface area contributed by atoms with Crippen molar-refractivity contribution in [3.05, 3.63) is 23.8 Å². The molecule has 30 heavy (non-hydrogen) atoms. The number of carbonyl (C=O) groups excluding carboxylic acids is 2. The van der Waals surface area contributed by atoms with Crippen molar-refractivity contribution < 1.29 is 18.0 Å². The van der Waals surface area contributed by atoms with E-state index in [1.165, 1.54) is 22.2 Å². The van der Waals surface area contributed by atoms with Crippen LogP contribution in [0.25, 0.3) is 0 Å². The summed E-state index contributed by atoms with van der Waals surface area (Å²) in [5.41, 5.74) is 1.30. The van der Waals surface area contributed by atoms with Crippen LogP contribution in [0.3, 0.4) is 0 Å². The second-order valence-corrected chi connectivity index (χ2v) is 9.24. The topological polar surface area (TPSA) is 90.0 Å². The van der Waals surface area contributed by atoms with Crippen LogP contribution in [0.2, 0.25) is 0 Å². The highest BCUT2D eigenvalue weighted by Crippen LogP contribution is 2.34. The number of rotatable bonds is 10. The molecule has 1 N–H and O–H groups in total. The highest BCUT2D eigenvalue weighted by molar-refractivity contribution is 7.89. The summed E-state index contributed by atoms with van der Waals surface area (Å²) in [6.07, 6.45) is 0.299. The van der Waals surface area contributed by atoms with Gasteiger partial charge in [-0.1, -0.05) is 27.7 Å². The number of nitrogens with one attached hydrogen (secondary N) is 1. The zero-order valence-corrected chi connectivity index (χ0v) is 19.5. The number of nitrogens with zero attached hydrogens (tertiary/aromatic N) is 3.